The summed E-state index contributed by atoms with van der Waals surface area (Å²) in [7, 11) is 0. The first-order valence-corrected chi connectivity index (χ1v) is 7.11. The number of anilines is 1. The van der Waals surface area contributed by atoms with Gasteiger partial charge < -0.3 is 10.6 Å². The highest BCUT2D eigenvalue weighted by Gasteiger charge is 2.19. The van der Waals surface area contributed by atoms with Crippen molar-refractivity contribution in [2.45, 2.75) is 19.9 Å². The Hall–Kier alpha value is -2.21. The minimum atomic E-state index is -0.151. The number of fused-ring (bicyclic) bond motifs is 1. The lowest BCUT2D eigenvalue weighted by atomic mass is 10.1. The molecule has 102 valence electrons. The predicted molar refractivity (Wildman–Crippen MR) is 76.8 cm³/mol. The first kappa shape index (κ1) is 12.8. The number of benzene rings is 1. The van der Waals surface area contributed by atoms with Crippen LogP contribution < -0.4 is 10.6 Å². The number of hydrogen-bond acceptors (Lipinski definition) is 4. The smallest absolute Gasteiger partial charge is 0.251 e. The maximum absolute atomic E-state index is 12.1. The van der Waals surface area contributed by atoms with E-state index in [1.54, 1.807) is 17.6 Å². The molecule has 2 aromatic rings. The molecule has 1 aliphatic heterocycles. The Morgan fingerprint density at radius 2 is 2.35 bits per heavy atom. The number of nitrogens with zero attached hydrogens (tertiary/aromatic N) is 1. The number of aryl methyl sites for hydroxylation is 1. The molecule has 0 radical (unpaired) electrons. The fraction of sp³-hybridized carbons (Fsp3) is 0.214. The summed E-state index contributed by atoms with van der Waals surface area (Å²) in [5.41, 5.74) is 4.92. The van der Waals surface area contributed by atoms with Crippen molar-refractivity contribution in [3.05, 3.63) is 45.4 Å². The summed E-state index contributed by atoms with van der Waals surface area (Å²) in [6, 6.07) is 5.28. The van der Waals surface area contributed by atoms with Gasteiger partial charge in [-0.2, -0.15) is 0 Å². The third-order valence-corrected chi connectivity index (χ3v) is 4.19. The summed E-state index contributed by atoms with van der Waals surface area (Å²) in [6.07, 6.45) is 0.386. The second-order valence-electron chi connectivity index (χ2n) is 4.64. The molecule has 2 heterocycles. The van der Waals surface area contributed by atoms with Crippen molar-refractivity contribution in [2.24, 2.45) is 0 Å². The van der Waals surface area contributed by atoms with Gasteiger partial charge in [0.1, 0.15) is 0 Å². The van der Waals surface area contributed by atoms with E-state index < -0.39 is 0 Å². The van der Waals surface area contributed by atoms with Crippen LogP contribution in [0.3, 0.4) is 0 Å². The minimum absolute atomic E-state index is 0.0298. The van der Waals surface area contributed by atoms with Gasteiger partial charge in [0.05, 0.1) is 24.2 Å². The van der Waals surface area contributed by atoms with Crippen molar-refractivity contribution in [3.63, 3.8) is 0 Å². The largest absolute Gasteiger partial charge is 0.347 e. The van der Waals surface area contributed by atoms with Crippen molar-refractivity contribution in [1.82, 2.24) is 10.3 Å². The van der Waals surface area contributed by atoms with Crippen molar-refractivity contribution < 1.29 is 9.59 Å². The highest BCUT2D eigenvalue weighted by Crippen LogP contribution is 2.24. The molecule has 0 unspecified atom stereocenters. The molecule has 3 rings (SSSR count). The number of carbonyl (C=O) groups is 2. The fourth-order valence-corrected chi connectivity index (χ4v) is 2.83. The van der Waals surface area contributed by atoms with Crippen molar-refractivity contribution in [1.29, 1.82) is 0 Å². The molecule has 1 aromatic heterocycles. The lowest BCUT2D eigenvalue weighted by Gasteiger charge is -2.06. The van der Waals surface area contributed by atoms with Gasteiger partial charge in [0, 0.05) is 16.1 Å². The van der Waals surface area contributed by atoms with Gasteiger partial charge in [-0.1, -0.05) is 6.07 Å². The van der Waals surface area contributed by atoms with Crippen molar-refractivity contribution in [2.75, 3.05) is 5.32 Å². The number of amides is 2. The molecule has 6 heteroatoms. The SMILES string of the molecule is Cc1ncsc1CNC(=O)c1ccc2c(c1)NC(=O)C2. The number of aromatic nitrogens is 1. The van der Waals surface area contributed by atoms with E-state index in [-0.39, 0.29) is 11.8 Å². The molecule has 0 spiro atoms. The van der Waals surface area contributed by atoms with Crippen LogP contribution in [0.15, 0.2) is 23.7 Å². The monoisotopic (exact) mass is 287 g/mol. The van der Waals surface area contributed by atoms with Crippen LogP contribution in [0.4, 0.5) is 5.69 Å². The molecular formula is C14H13N3O2S. The lowest BCUT2D eigenvalue weighted by molar-refractivity contribution is -0.115. The molecule has 0 atom stereocenters. The Morgan fingerprint density at radius 1 is 1.50 bits per heavy atom. The van der Waals surface area contributed by atoms with Crippen LogP contribution in [0.1, 0.15) is 26.5 Å². The van der Waals surface area contributed by atoms with Crippen LogP contribution in [0.5, 0.6) is 0 Å². The maximum atomic E-state index is 12.1. The molecule has 0 aliphatic carbocycles. The highest BCUT2D eigenvalue weighted by atomic mass is 32.1. The first-order chi connectivity index (χ1) is 9.63. The van der Waals surface area contributed by atoms with E-state index in [2.05, 4.69) is 15.6 Å². The summed E-state index contributed by atoms with van der Waals surface area (Å²) in [4.78, 5) is 28.6. The number of carbonyl (C=O) groups excluding carboxylic acids is 2. The van der Waals surface area contributed by atoms with E-state index in [0.29, 0.717) is 18.5 Å². The molecule has 0 saturated heterocycles. The molecule has 2 N–H and O–H groups in total. The average molecular weight is 287 g/mol. The molecule has 20 heavy (non-hydrogen) atoms. The van der Waals surface area contributed by atoms with Crippen LogP contribution in [0, 0.1) is 6.92 Å². The van der Waals surface area contributed by atoms with Gasteiger partial charge in [0.15, 0.2) is 0 Å². The normalized spacial score (nSPS) is 12.9. The highest BCUT2D eigenvalue weighted by molar-refractivity contribution is 7.09. The number of hydrogen-bond donors (Lipinski definition) is 2. The van der Waals surface area contributed by atoms with Crippen molar-refractivity contribution >= 4 is 28.8 Å². The number of rotatable bonds is 3. The van der Waals surface area contributed by atoms with Gasteiger partial charge in [-0.15, -0.1) is 11.3 Å². The first-order valence-electron chi connectivity index (χ1n) is 6.23. The molecule has 0 bridgehead atoms. The second kappa shape index (κ2) is 5.05. The summed E-state index contributed by atoms with van der Waals surface area (Å²) in [5.74, 6) is -0.181. The summed E-state index contributed by atoms with van der Waals surface area (Å²) < 4.78 is 0. The Bertz CT molecular complexity index is 693. The fourth-order valence-electron chi connectivity index (χ4n) is 2.11. The standard InChI is InChI=1S/C14H13N3O2S/c1-8-12(20-7-16-8)6-15-14(19)10-3-2-9-5-13(18)17-11(9)4-10/h2-4,7H,5-6H2,1H3,(H,15,19)(H,17,18). The minimum Gasteiger partial charge on any atom is -0.347 e. The summed E-state index contributed by atoms with van der Waals surface area (Å²) >= 11 is 1.52. The lowest BCUT2D eigenvalue weighted by Crippen LogP contribution is -2.22. The zero-order valence-corrected chi connectivity index (χ0v) is 11.7. The van der Waals surface area contributed by atoms with E-state index in [1.165, 1.54) is 11.3 Å². The van der Waals surface area contributed by atoms with E-state index in [1.807, 2.05) is 13.0 Å². The quantitative estimate of drug-likeness (QED) is 0.905. The zero-order valence-electron chi connectivity index (χ0n) is 10.9. The Balaban J connectivity index is 1.70. The predicted octanol–water partition coefficient (Wildman–Crippen LogP) is 1.88. The van der Waals surface area contributed by atoms with Gasteiger partial charge in [-0.05, 0) is 24.6 Å². The van der Waals surface area contributed by atoms with Crippen LogP contribution in [0.2, 0.25) is 0 Å². The van der Waals surface area contributed by atoms with Gasteiger partial charge in [-0.3, -0.25) is 9.59 Å². The molecule has 0 fully saturated rings. The van der Waals surface area contributed by atoms with Crippen LogP contribution in [-0.4, -0.2) is 16.8 Å². The average Bonchev–Trinajstić information content (AvgIpc) is 2.99. The third kappa shape index (κ3) is 2.42. The van der Waals surface area contributed by atoms with Crippen LogP contribution >= 0.6 is 11.3 Å². The Labute approximate surface area is 120 Å². The van der Waals surface area contributed by atoms with Gasteiger partial charge in [-0.25, -0.2) is 4.98 Å². The maximum Gasteiger partial charge on any atom is 0.251 e. The molecule has 5 nitrogen and oxygen atoms in total. The Kier molecular flexibility index (Phi) is 3.23. The summed E-state index contributed by atoms with van der Waals surface area (Å²) in [5, 5.41) is 5.61. The topological polar surface area (TPSA) is 71.1 Å². The van der Waals surface area contributed by atoms with E-state index in [4.69, 9.17) is 0 Å². The molecule has 1 aliphatic rings. The molecule has 0 saturated carbocycles. The molecular weight excluding hydrogens is 274 g/mol. The molecule has 1 aromatic carbocycles. The molecule has 2 amide bonds. The van der Waals surface area contributed by atoms with E-state index >= 15 is 0 Å². The number of nitrogens with one attached hydrogen (secondary N) is 2. The third-order valence-electron chi connectivity index (χ3n) is 3.25. The van der Waals surface area contributed by atoms with Gasteiger partial charge >= 0.3 is 0 Å². The number of thiazole rings is 1. The zero-order chi connectivity index (χ0) is 14.1. The van der Waals surface area contributed by atoms with Crippen LogP contribution in [-0.2, 0) is 17.8 Å². The second-order valence-corrected chi connectivity index (χ2v) is 5.58. The van der Waals surface area contributed by atoms with Crippen molar-refractivity contribution in [3.8, 4) is 0 Å². The van der Waals surface area contributed by atoms with Gasteiger partial charge in [0.25, 0.3) is 5.91 Å². The van der Waals surface area contributed by atoms with Crippen LogP contribution in [0.25, 0.3) is 0 Å². The summed E-state index contributed by atoms with van der Waals surface area (Å²) in [6.45, 7) is 2.39. The van der Waals surface area contributed by atoms with Gasteiger partial charge in [0.2, 0.25) is 5.91 Å². The van der Waals surface area contributed by atoms with E-state index in [9.17, 15) is 9.59 Å². The Morgan fingerprint density at radius 3 is 3.10 bits per heavy atom. The van der Waals surface area contributed by atoms with E-state index in [0.717, 1.165) is 21.8 Å².